The van der Waals surface area contributed by atoms with E-state index in [-0.39, 0.29) is 5.91 Å². The summed E-state index contributed by atoms with van der Waals surface area (Å²) in [6, 6.07) is 23.6. The Bertz CT molecular complexity index is 1220. The Labute approximate surface area is 220 Å². The topological polar surface area (TPSA) is 32.3 Å². The molecule has 1 fully saturated rings. The molecule has 1 heterocycles. The normalized spacial score (nSPS) is 17.8. The van der Waals surface area contributed by atoms with E-state index < -0.39 is 0 Å². The average molecular weight is 497 g/mol. The fraction of sp³-hybridized carbons (Fsp3) is 0.344. The number of benzene rings is 3. The van der Waals surface area contributed by atoms with Gasteiger partial charge in [-0.3, -0.25) is 9.69 Å². The van der Waals surface area contributed by atoms with Gasteiger partial charge >= 0.3 is 0 Å². The summed E-state index contributed by atoms with van der Waals surface area (Å²) in [4.78, 5) is 15.7. The number of nitrogens with zero attached hydrogens (tertiary/aromatic N) is 1. The Balaban J connectivity index is 1.26. The highest BCUT2D eigenvalue weighted by Crippen LogP contribution is 2.30. The first-order valence-electron chi connectivity index (χ1n) is 13.2. The standard InChI is InChI=1S/C32H36N2OS/c1-23-9-13-26(14-10-23)27-16-15-25-6-5-7-28(21-29(25)20-27)32(35)33-30-17-11-24(12-18-30)22-34(2)31-8-3-4-19-36-31/h9-18,20-21,31H,3-8,19,22H2,1-2H3,(H,33,35). The summed E-state index contributed by atoms with van der Waals surface area (Å²) in [5.74, 6) is 1.28. The lowest BCUT2D eigenvalue weighted by molar-refractivity contribution is -0.112. The minimum absolute atomic E-state index is 0.00654. The van der Waals surface area contributed by atoms with Gasteiger partial charge in [-0.15, -0.1) is 11.8 Å². The van der Waals surface area contributed by atoms with Crippen molar-refractivity contribution < 1.29 is 4.79 Å². The summed E-state index contributed by atoms with van der Waals surface area (Å²) in [6.07, 6.45) is 8.83. The molecular formula is C32H36N2OS. The van der Waals surface area contributed by atoms with Crippen molar-refractivity contribution in [3.63, 3.8) is 0 Å². The Morgan fingerprint density at radius 2 is 1.72 bits per heavy atom. The number of carbonyl (C=O) groups is 1. The van der Waals surface area contributed by atoms with Gasteiger partial charge in [0.1, 0.15) is 0 Å². The van der Waals surface area contributed by atoms with Crippen molar-refractivity contribution in [2.24, 2.45) is 0 Å². The van der Waals surface area contributed by atoms with Gasteiger partial charge in [0.25, 0.3) is 5.91 Å². The lowest BCUT2D eigenvalue weighted by Crippen LogP contribution is -2.30. The molecule has 186 valence electrons. The Kier molecular flexibility index (Phi) is 7.93. The molecule has 1 amide bonds. The maximum Gasteiger partial charge on any atom is 0.251 e. The number of fused-ring (bicyclic) bond motifs is 1. The molecule has 5 rings (SSSR count). The molecule has 36 heavy (non-hydrogen) atoms. The molecule has 1 aliphatic carbocycles. The van der Waals surface area contributed by atoms with Crippen molar-refractivity contribution in [1.82, 2.24) is 4.90 Å². The monoisotopic (exact) mass is 496 g/mol. The summed E-state index contributed by atoms with van der Waals surface area (Å²) in [6.45, 7) is 3.05. The second-order valence-corrected chi connectivity index (χ2v) is 11.5. The highest BCUT2D eigenvalue weighted by molar-refractivity contribution is 7.99. The van der Waals surface area contributed by atoms with Gasteiger partial charge in [0, 0.05) is 17.8 Å². The van der Waals surface area contributed by atoms with Gasteiger partial charge in [-0.2, -0.15) is 0 Å². The highest BCUT2D eigenvalue weighted by Gasteiger charge is 2.19. The zero-order valence-corrected chi connectivity index (χ0v) is 22.2. The fourth-order valence-corrected chi connectivity index (χ4v) is 6.46. The van der Waals surface area contributed by atoms with Crippen LogP contribution >= 0.6 is 11.8 Å². The second-order valence-electron chi connectivity index (χ2n) is 10.2. The van der Waals surface area contributed by atoms with Crippen LogP contribution in [0.25, 0.3) is 17.2 Å². The van der Waals surface area contributed by atoms with Gasteiger partial charge in [-0.25, -0.2) is 0 Å². The molecule has 1 N–H and O–H groups in total. The Hall–Kier alpha value is -2.82. The fourth-order valence-electron chi connectivity index (χ4n) is 5.16. The maximum absolute atomic E-state index is 13.2. The van der Waals surface area contributed by atoms with Gasteiger partial charge in [0.2, 0.25) is 0 Å². The maximum atomic E-state index is 13.2. The van der Waals surface area contributed by atoms with E-state index >= 15 is 0 Å². The molecule has 3 nitrogen and oxygen atoms in total. The van der Waals surface area contributed by atoms with Crippen molar-refractivity contribution in [2.45, 2.75) is 57.4 Å². The minimum Gasteiger partial charge on any atom is -0.322 e. The number of amides is 1. The molecule has 0 saturated carbocycles. The second kappa shape index (κ2) is 11.5. The molecule has 0 radical (unpaired) electrons. The molecule has 1 unspecified atom stereocenters. The summed E-state index contributed by atoms with van der Waals surface area (Å²) in [5.41, 5.74) is 9.14. The summed E-state index contributed by atoms with van der Waals surface area (Å²) >= 11 is 2.08. The van der Waals surface area contributed by atoms with Crippen molar-refractivity contribution in [3.8, 4) is 11.1 Å². The quantitative estimate of drug-likeness (QED) is 0.379. The molecule has 1 saturated heterocycles. The number of aryl methyl sites for hydroxylation is 2. The van der Waals surface area contributed by atoms with Crippen LogP contribution in [-0.2, 0) is 17.8 Å². The van der Waals surface area contributed by atoms with E-state index in [0.29, 0.717) is 5.37 Å². The number of thioether (sulfide) groups is 1. The number of rotatable bonds is 6. The third-order valence-corrected chi connectivity index (χ3v) is 8.84. The zero-order valence-electron chi connectivity index (χ0n) is 21.4. The first-order chi connectivity index (χ1) is 17.5. The number of hydrogen-bond donors (Lipinski definition) is 1. The number of carbonyl (C=O) groups excluding carboxylic acids is 1. The predicted molar refractivity (Wildman–Crippen MR) is 154 cm³/mol. The van der Waals surface area contributed by atoms with Crippen molar-refractivity contribution in [2.75, 3.05) is 18.1 Å². The molecule has 3 aromatic rings. The molecular weight excluding hydrogens is 460 g/mol. The largest absolute Gasteiger partial charge is 0.322 e. The molecule has 0 bridgehead atoms. The SMILES string of the molecule is Cc1ccc(-c2ccc3c(c2)C=C(C(=O)Nc2ccc(CN(C)C4CCCCS4)cc2)CCC3)cc1. The van der Waals surface area contributed by atoms with Gasteiger partial charge in [-0.1, -0.05) is 60.5 Å². The molecule has 0 spiro atoms. The molecule has 2 aliphatic rings. The number of nitrogens with one attached hydrogen (secondary N) is 1. The van der Waals surface area contributed by atoms with Crippen LogP contribution in [0.5, 0.6) is 0 Å². The van der Waals surface area contributed by atoms with E-state index in [1.807, 2.05) is 12.1 Å². The van der Waals surface area contributed by atoms with Crippen LogP contribution in [0.15, 0.2) is 72.3 Å². The van der Waals surface area contributed by atoms with Crippen LogP contribution in [0.1, 0.15) is 54.4 Å². The van der Waals surface area contributed by atoms with Gasteiger partial charge < -0.3 is 5.32 Å². The van der Waals surface area contributed by atoms with Crippen molar-refractivity contribution in [3.05, 3.63) is 94.6 Å². The van der Waals surface area contributed by atoms with Crippen LogP contribution in [-0.4, -0.2) is 29.0 Å². The molecule has 3 aromatic carbocycles. The van der Waals surface area contributed by atoms with E-state index in [9.17, 15) is 4.79 Å². The van der Waals surface area contributed by atoms with Crippen LogP contribution < -0.4 is 5.32 Å². The van der Waals surface area contributed by atoms with E-state index in [4.69, 9.17) is 0 Å². The molecule has 0 aromatic heterocycles. The Morgan fingerprint density at radius 1 is 0.944 bits per heavy atom. The van der Waals surface area contributed by atoms with E-state index in [1.165, 1.54) is 52.8 Å². The third-order valence-electron chi connectivity index (χ3n) is 7.34. The lowest BCUT2D eigenvalue weighted by Gasteiger charge is -2.30. The molecule has 4 heteroatoms. The van der Waals surface area contributed by atoms with Crippen molar-refractivity contribution in [1.29, 1.82) is 0 Å². The van der Waals surface area contributed by atoms with Crippen LogP contribution in [0.4, 0.5) is 5.69 Å². The third kappa shape index (κ3) is 6.11. The van der Waals surface area contributed by atoms with Crippen LogP contribution in [0.2, 0.25) is 0 Å². The van der Waals surface area contributed by atoms with E-state index in [0.717, 1.165) is 42.6 Å². The predicted octanol–water partition coefficient (Wildman–Crippen LogP) is 7.70. The van der Waals surface area contributed by atoms with Gasteiger partial charge in [0.05, 0.1) is 5.37 Å². The van der Waals surface area contributed by atoms with Crippen LogP contribution in [0.3, 0.4) is 0 Å². The van der Waals surface area contributed by atoms with E-state index in [2.05, 4.69) is 96.6 Å². The summed E-state index contributed by atoms with van der Waals surface area (Å²) < 4.78 is 0. The lowest BCUT2D eigenvalue weighted by atomic mass is 9.97. The minimum atomic E-state index is 0.00654. The number of anilines is 1. The first kappa shape index (κ1) is 24.9. The van der Waals surface area contributed by atoms with E-state index in [1.54, 1.807) is 0 Å². The highest BCUT2D eigenvalue weighted by atomic mass is 32.2. The Morgan fingerprint density at radius 3 is 2.47 bits per heavy atom. The molecule has 1 aliphatic heterocycles. The zero-order chi connectivity index (χ0) is 24.9. The molecule has 1 atom stereocenters. The summed E-state index contributed by atoms with van der Waals surface area (Å²) in [7, 11) is 2.22. The van der Waals surface area contributed by atoms with Crippen molar-refractivity contribution >= 4 is 29.4 Å². The first-order valence-corrected chi connectivity index (χ1v) is 14.2. The smallest absolute Gasteiger partial charge is 0.251 e. The average Bonchev–Trinajstić information content (AvgIpc) is 3.13. The summed E-state index contributed by atoms with van der Waals surface area (Å²) in [5, 5.41) is 3.76. The van der Waals surface area contributed by atoms with Gasteiger partial charge in [0.15, 0.2) is 0 Å². The van der Waals surface area contributed by atoms with Gasteiger partial charge in [-0.05, 0) is 104 Å². The number of hydrogen-bond acceptors (Lipinski definition) is 3. The van der Waals surface area contributed by atoms with Crippen LogP contribution in [0, 0.1) is 6.92 Å².